The molecule has 29 heavy (non-hydrogen) atoms. The van der Waals surface area contributed by atoms with Crippen molar-refractivity contribution in [3.63, 3.8) is 0 Å². The van der Waals surface area contributed by atoms with Gasteiger partial charge in [0.15, 0.2) is 0 Å². The summed E-state index contributed by atoms with van der Waals surface area (Å²) >= 11 is -0.251. The minimum Gasteiger partial charge on any atom is -0.373 e. The molecule has 0 aliphatic carbocycles. The number of aromatic nitrogens is 1. The first-order chi connectivity index (χ1) is 13.5. The maximum absolute atomic E-state index is 13.0. The largest absolute Gasteiger partial charge is 0.446 e. The molecular formula is C19H19F3N4O2S. The van der Waals surface area contributed by atoms with Crippen LogP contribution < -0.4 is 10.2 Å². The number of amides is 3. The number of benzene rings is 1. The molecule has 0 saturated carbocycles. The van der Waals surface area contributed by atoms with Gasteiger partial charge in [-0.2, -0.15) is 13.2 Å². The molecule has 1 aliphatic heterocycles. The molecule has 0 radical (unpaired) electrons. The molecule has 10 heteroatoms. The number of hydrogen-bond acceptors (Lipinski definition) is 5. The zero-order valence-corrected chi connectivity index (χ0v) is 16.8. The van der Waals surface area contributed by atoms with Gasteiger partial charge in [-0.05, 0) is 67.6 Å². The molecule has 0 bridgehead atoms. The Morgan fingerprint density at radius 1 is 1.14 bits per heavy atom. The number of alkyl halides is 3. The Balaban J connectivity index is 1.86. The quantitative estimate of drug-likeness (QED) is 0.566. The van der Waals surface area contributed by atoms with Gasteiger partial charge in [-0.25, -0.2) is 14.7 Å². The molecular weight excluding hydrogens is 405 g/mol. The fourth-order valence-electron chi connectivity index (χ4n) is 3.02. The monoisotopic (exact) mass is 424 g/mol. The summed E-state index contributed by atoms with van der Waals surface area (Å²) in [6, 6.07) is 8.17. The highest BCUT2D eigenvalue weighted by Gasteiger charge is 2.51. The van der Waals surface area contributed by atoms with E-state index in [-0.39, 0.29) is 28.9 Å². The fourth-order valence-corrected chi connectivity index (χ4v) is 3.56. The number of carbonyl (C=O) groups is 2. The third-order valence-corrected chi connectivity index (χ3v) is 5.31. The van der Waals surface area contributed by atoms with E-state index in [0.29, 0.717) is 5.82 Å². The average Bonchev–Trinajstić information content (AvgIpc) is 2.81. The van der Waals surface area contributed by atoms with Gasteiger partial charge in [-0.1, -0.05) is 0 Å². The Hall–Kier alpha value is -2.75. The van der Waals surface area contributed by atoms with Crippen LogP contribution in [0.15, 0.2) is 47.5 Å². The van der Waals surface area contributed by atoms with Crippen molar-refractivity contribution in [1.29, 1.82) is 0 Å². The molecule has 1 saturated heterocycles. The molecule has 1 fully saturated rings. The second-order valence-electron chi connectivity index (χ2n) is 6.91. The van der Waals surface area contributed by atoms with Crippen LogP contribution in [0.25, 0.3) is 0 Å². The van der Waals surface area contributed by atoms with Crippen molar-refractivity contribution in [2.45, 2.75) is 36.3 Å². The van der Waals surface area contributed by atoms with Crippen molar-refractivity contribution in [3.8, 4) is 0 Å². The summed E-state index contributed by atoms with van der Waals surface area (Å²) in [5.74, 6) is 0.189. The molecule has 0 atom stereocenters. The first kappa shape index (κ1) is 21.0. The number of urea groups is 1. The number of halogens is 3. The molecule has 0 unspecified atom stereocenters. The first-order valence-electron chi connectivity index (χ1n) is 8.67. The van der Waals surface area contributed by atoms with E-state index in [1.165, 1.54) is 29.2 Å². The van der Waals surface area contributed by atoms with Crippen LogP contribution in [0.4, 0.5) is 29.5 Å². The van der Waals surface area contributed by atoms with E-state index < -0.39 is 23.0 Å². The molecule has 1 aromatic carbocycles. The second kappa shape index (κ2) is 7.58. The number of nitrogens with zero attached hydrogens (tertiary/aromatic N) is 3. The Morgan fingerprint density at radius 3 is 2.38 bits per heavy atom. The minimum atomic E-state index is -4.41. The van der Waals surface area contributed by atoms with Gasteiger partial charge >= 0.3 is 11.5 Å². The van der Waals surface area contributed by atoms with E-state index in [2.05, 4.69) is 10.3 Å². The Bertz CT molecular complexity index is 932. The van der Waals surface area contributed by atoms with Crippen LogP contribution in [0.5, 0.6) is 0 Å². The Morgan fingerprint density at radius 2 is 1.79 bits per heavy atom. The molecule has 2 aromatic rings. The van der Waals surface area contributed by atoms with Crippen LogP contribution >= 0.6 is 11.8 Å². The normalized spacial score (nSPS) is 16.5. The van der Waals surface area contributed by atoms with E-state index in [0.717, 1.165) is 10.5 Å². The molecule has 3 amide bonds. The van der Waals surface area contributed by atoms with E-state index in [9.17, 15) is 22.8 Å². The predicted octanol–water partition coefficient (Wildman–Crippen LogP) is 4.48. The molecule has 154 valence electrons. The highest BCUT2D eigenvalue weighted by molar-refractivity contribution is 8.00. The summed E-state index contributed by atoms with van der Waals surface area (Å²) < 4.78 is 37.5. The predicted molar refractivity (Wildman–Crippen MR) is 105 cm³/mol. The standard InChI is InChI=1S/C19H19F3N4O2S/c1-18(2)16(27)26(13-4-6-14(7-5-13)29-19(20,21)22)17(28)25(18)11-12-8-9-24-15(10-12)23-3/h4-10H,11H2,1-3H3,(H,23,24). The average molecular weight is 424 g/mol. The van der Waals surface area contributed by atoms with E-state index >= 15 is 0 Å². The summed E-state index contributed by atoms with van der Waals surface area (Å²) in [6.07, 6.45) is 1.60. The maximum atomic E-state index is 13.0. The summed E-state index contributed by atoms with van der Waals surface area (Å²) in [5, 5.41) is 2.91. The molecule has 3 rings (SSSR count). The Kier molecular flexibility index (Phi) is 5.48. The van der Waals surface area contributed by atoms with Crippen molar-refractivity contribution in [3.05, 3.63) is 48.2 Å². The first-order valence-corrected chi connectivity index (χ1v) is 9.49. The van der Waals surface area contributed by atoms with Gasteiger partial charge in [0.2, 0.25) is 0 Å². The SMILES string of the molecule is CNc1cc(CN2C(=O)N(c3ccc(SC(F)(F)F)cc3)C(=O)C2(C)C)ccn1. The number of imide groups is 1. The van der Waals surface area contributed by atoms with Crippen molar-refractivity contribution in [1.82, 2.24) is 9.88 Å². The number of thioether (sulfide) groups is 1. The van der Waals surface area contributed by atoms with Crippen molar-refractivity contribution >= 4 is 35.2 Å². The van der Waals surface area contributed by atoms with Crippen LogP contribution in [0, 0.1) is 0 Å². The lowest BCUT2D eigenvalue weighted by atomic mass is 10.0. The van der Waals surface area contributed by atoms with Gasteiger partial charge in [-0.15, -0.1) is 0 Å². The molecule has 2 heterocycles. The fraction of sp³-hybridized carbons (Fsp3) is 0.316. The lowest BCUT2D eigenvalue weighted by Crippen LogP contribution is -2.43. The second-order valence-corrected chi connectivity index (χ2v) is 8.05. The third kappa shape index (κ3) is 4.31. The summed E-state index contributed by atoms with van der Waals surface area (Å²) in [7, 11) is 1.73. The maximum Gasteiger partial charge on any atom is 0.446 e. The lowest BCUT2D eigenvalue weighted by Gasteiger charge is -2.27. The number of rotatable bonds is 5. The Labute approximate surface area is 170 Å². The molecule has 1 N–H and O–H groups in total. The van der Waals surface area contributed by atoms with Crippen LogP contribution in [0.2, 0.25) is 0 Å². The molecule has 6 nitrogen and oxygen atoms in total. The van der Waals surface area contributed by atoms with Crippen molar-refractivity contribution in [2.75, 3.05) is 17.3 Å². The number of carbonyl (C=O) groups excluding carboxylic acids is 2. The summed E-state index contributed by atoms with van der Waals surface area (Å²) in [4.78, 5) is 32.5. The number of hydrogen-bond donors (Lipinski definition) is 1. The minimum absolute atomic E-state index is 0.0205. The van der Waals surface area contributed by atoms with Gasteiger partial charge in [0.05, 0.1) is 5.69 Å². The van der Waals surface area contributed by atoms with Gasteiger partial charge in [0, 0.05) is 24.7 Å². The zero-order valence-electron chi connectivity index (χ0n) is 15.9. The highest BCUT2D eigenvalue weighted by atomic mass is 32.2. The van der Waals surface area contributed by atoms with Crippen molar-refractivity contribution < 1.29 is 22.8 Å². The topological polar surface area (TPSA) is 65.5 Å². The highest BCUT2D eigenvalue weighted by Crippen LogP contribution is 2.38. The number of pyridine rings is 1. The molecule has 1 aromatic heterocycles. The van der Waals surface area contributed by atoms with E-state index in [1.54, 1.807) is 39.2 Å². The van der Waals surface area contributed by atoms with Gasteiger partial charge < -0.3 is 10.2 Å². The van der Waals surface area contributed by atoms with Gasteiger partial charge in [-0.3, -0.25) is 4.79 Å². The molecule has 1 aliphatic rings. The van der Waals surface area contributed by atoms with Crippen LogP contribution in [0.1, 0.15) is 19.4 Å². The smallest absolute Gasteiger partial charge is 0.373 e. The van der Waals surface area contributed by atoms with Gasteiger partial charge in [0.25, 0.3) is 5.91 Å². The van der Waals surface area contributed by atoms with E-state index in [4.69, 9.17) is 0 Å². The van der Waals surface area contributed by atoms with Crippen LogP contribution in [0.3, 0.4) is 0 Å². The zero-order chi connectivity index (χ0) is 21.4. The lowest BCUT2D eigenvalue weighted by molar-refractivity contribution is -0.123. The van der Waals surface area contributed by atoms with Crippen LogP contribution in [-0.4, -0.2) is 39.9 Å². The number of nitrogens with one attached hydrogen (secondary N) is 1. The molecule has 0 spiro atoms. The van der Waals surface area contributed by atoms with Gasteiger partial charge in [0.1, 0.15) is 11.4 Å². The third-order valence-electron chi connectivity index (χ3n) is 4.57. The van der Waals surface area contributed by atoms with Crippen LogP contribution in [-0.2, 0) is 11.3 Å². The van der Waals surface area contributed by atoms with Crippen molar-refractivity contribution in [2.24, 2.45) is 0 Å². The number of anilines is 2. The summed E-state index contributed by atoms with van der Waals surface area (Å²) in [5.41, 5.74) is -4.50. The summed E-state index contributed by atoms with van der Waals surface area (Å²) in [6.45, 7) is 3.47. The van der Waals surface area contributed by atoms with E-state index in [1.807, 2.05) is 0 Å².